The molecule has 0 saturated carbocycles. The zero-order chi connectivity index (χ0) is 15.2. The van der Waals surface area contributed by atoms with Crippen LogP contribution in [0.25, 0.3) is 0 Å². The van der Waals surface area contributed by atoms with Gasteiger partial charge in [0.2, 0.25) is 5.76 Å². The average molecular weight is 290 g/mol. The van der Waals surface area contributed by atoms with Crippen molar-refractivity contribution in [2.75, 3.05) is 11.9 Å². The molecule has 0 aliphatic heterocycles. The Kier molecular flexibility index (Phi) is 4.50. The molecule has 8 heteroatoms. The van der Waals surface area contributed by atoms with E-state index in [1.807, 2.05) is 6.92 Å². The Balaban J connectivity index is 1.94. The van der Waals surface area contributed by atoms with Crippen molar-refractivity contribution in [1.29, 1.82) is 0 Å². The summed E-state index contributed by atoms with van der Waals surface area (Å²) in [6.45, 7) is 2.60. The highest BCUT2D eigenvalue weighted by Gasteiger charge is 2.09. The highest BCUT2D eigenvalue weighted by molar-refractivity contribution is 5.92. The van der Waals surface area contributed by atoms with Crippen LogP contribution in [0.2, 0.25) is 0 Å². The first-order chi connectivity index (χ1) is 10.1. The number of rotatable bonds is 6. The van der Waals surface area contributed by atoms with Crippen molar-refractivity contribution in [3.63, 3.8) is 0 Å². The third-order valence-corrected chi connectivity index (χ3v) is 2.55. The van der Waals surface area contributed by atoms with E-state index in [1.165, 1.54) is 6.07 Å². The number of nitrogens with zero attached hydrogens (tertiary/aromatic N) is 2. The lowest BCUT2D eigenvalue weighted by Gasteiger charge is -2.04. The summed E-state index contributed by atoms with van der Waals surface area (Å²) in [5.41, 5.74) is 0.230. The Morgan fingerprint density at radius 3 is 2.62 bits per heavy atom. The summed E-state index contributed by atoms with van der Waals surface area (Å²) >= 11 is 0. The van der Waals surface area contributed by atoms with E-state index in [1.54, 1.807) is 18.2 Å². The third kappa shape index (κ3) is 3.78. The van der Waals surface area contributed by atoms with Crippen LogP contribution in [-0.4, -0.2) is 33.7 Å². The Morgan fingerprint density at radius 2 is 2.05 bits per heavy atom. The molecule has 0 aromatic carbocycles. The zero-order valence-corrected chi connectivity index (χ0v) is 11.3. The smallest absolute Gasteiger partial charge is 0.371 e. The number of nitrogens with one attached hydrogen (secondary N) is 2. The summed E-state index contributed by atoms with van der Waals surface area (Å²) in [4.78, 5) is 22.2. The maximum atomic E-state index is 11.5. The van der Waals surface area contributed by atoms with Gasteiger partial charge in [-0.25, -0.2) is 4.79 Å². The minimum Gasteiger partial charge on any atom is -0.475 e. The predicted octanol–water partition coefficient (Wildman–Crippen LogP) is 1.13. The number of aromatic carboxylic acids is 1. The van der Waals surface area contributed by atoms with Crippen molar-refractivity contribution < 1.29 is 19.1 Å². The molecule has 0 saturated heterocycles. The van der Waals surface area contributed by atoms with Crippen molar-refractivity contribution in [1.82, 2.24) is 15.5 Å². The molecule has 0 aliphatic rings. The fourth-order valence-corrected chi connectivity index (χ4v) is 1.56. The third-order valence-electron chi connectivity index (χ3n) is 2.55. The molecule has 8 nitrogen and oxygen atoms in total. The van der Waals surface area contributed by atoms with Gasteiger partial charge >= 0.3 is 5.97 Å². The van der Waals surface area contributed by atoms with Gasteiger partial charge in [-0.1, -0.05) is 0 Å². The van der Waals surface area contributed by atoms with Crippen LogP contribution in [0.1, 0.15) is 33.7 Å². The fourth-order valence-electron chi connectivity index (χ4n) is 1.56. The molecule has 0 fully saturated rings. The first kappa shape index (κ1) is 14.5. The summed E-state index contributed by atoms with van der Waals surface area (Å²) < 4.78 is 5.09. The van der Waals surface area contributed by atoms with Gasteiger partial charge in [0, 0.05) is 6.54 Å². The predicted molar refractivity (Wildman–Crippen MR) is 73.0 cm³/mol. The van der Waals surface area contributed by atoms with Crippen LogP contribution in [0.4, 0.5) is 5.82 Å². The van der Waals surface area contributed by atoms with Gasteiger partial charge in [-0.2, -0.15) is 0 Å². The Morgan fingerprint density at radius 1 is 1.24 bits per heavy atom. The summed E-state index contributed by atoms with van der Waals surface area (Å²) in [5.74, 6) is -0.608. The van der Waals surface area contributed by atoms with Gasteiger partial charge in [-0.15, -0.1) is 10.2 Å². The average Bonchev–Trinajstić information content (AvgIpc) is 2.95. The van der Waals surface area contributed by atoms with Crippen molar-refractivity contribution in [3.05, 3.63) is 41.5 Å². The second-order valence-electron chi connectivity index (χ2n) is 4.09. The normalized spacial score (nSPS) is 10.1. The number of carbonyl (C=O) groups is 2. The minimum absolute atomic E-state index is 0.121. The summed E-state index contributed by atoms with van der Waals surface area (Å²) in [5, 5.41) is 21.9. The van der Waals surface area contributed by atoms with Crippen molar-refractivity contribution in [2.24, 2.45) is 0 Å². The Labute approximate surface area is 120 Å². The Hall–Kier alpha value is -2.90. The highest BCUT2D eigenvalue weighted by Crippen LogP contribution is 2.10. The van der Waals surface area contributed by atoms with Crippen molar-refractivity contribution >= 4 is 17.7 Å². The second-order valence-corrected chi connectivity index (χ2v) is 4.09. The molecule has 0 unspecified atom stereocenters. The Bertz CT molecular complexity index is 636. The molecule has 2 aromatic rings. The maximum absolute atomic E-state index is 11.5. The number of furan rings is 1. The molecular formula is C13H14N4O4. The van der Waals surface area contributed by atoms with Gasteiger partial charge < -0.3 is 20.2 Å². The van der Waals surface area contributed by atoms with Crippen LogP contribution in [-0.2, 0) is 6.54 Å². The van der Waals surface area contributed by atoms with Crippen molar-refractivity contribution in [3.8, 4) is 0 Å². The molecule has 0 spiro atoms. The largest absolute Gasteiger partial charge is 0.475 e. The van der Waals surface area contributed by atoms with E-state index in [9.17, 15) is 9.59 Å². The number of hydrogen-bond acceptors (Lipinski definition) is 6. The highest BCUT2D eigenvalue weighted by atomic mass is 16.4. The fraction of sp³-hybridized carbons (Fsp3) is 0.231. The molecular weight excluding hydrogens is 276 g/mol. The van der Waals surface area contributed by atoms with E-state index >= 15 is 0 Å². The van der Waals surface area contributed by atoms with Crippen LogP contribution in [0.3, 0.4) is 0 Å². The number of amides is 1. The summed E-state index contributed by atoms with van der Waals surface area (Å²) in [6, 6.07) is 6.10. The molecule has 2 aromatic heterocycles. The van der Waals surface area contributed by atoms with Crippen molar-refractivity contribution in [2.45, 2.75) is 13.5 Å². The molecule has 0 atom stereocenters. The molecule has 3 N–H and O–H groups in total. The van der Waals surface area contributed by atoms with Gasteiger partial charge in [0.25, 0.3) is 5.91 Å². The number of aromatic nitrogens is 2. The number of carbonyl (C=O) groups excluding carboxylic acids is 1. The standard InChI is InChI=1S/C13H14N4O4/c1-2-14-12(18)9-4-6-11(17-16-9)15-7-8-3-5-10(21-8)13(19)20/h3-6H,2,7H2,1H3,(H,14,18)(H,15,17)(H,19,20). The lowest BCUT2D eigenvalue weighted by molar-refractivity contribution is 0.0660. The van der Waals surface area contributed by atoms with Gasteiger partial charge in [0.1, 0.15) is 11.6 Å². The first-order valence-corrected chi connectivity index (χ1v) is 6.28. The van der Waals surface area contributed by atoms with E-state index in [-0.39, 0.29) is 23.9 Å². The number of carboxylic acids is 1. The van der Waals surface area contributed by atoms with Gasteiger partial charge in [-0.05, 0) is 31.2 Å². The van der Waals surface area contributed by atoms with E-state index in [0.717, 1.165) is 0 Å². The number of carboxylic acid groups (broad SMARTS) is 1. The second kappa shape index (κ2) is 6.51. The topological polar surface area (TPSA) is 117 Å². The maximum Gasteiger partial charge on any atom is 0.371 e. The van der Waals surface area contributed by atoms with E-state index in [2.05, 4.69) is 20.8 Å². The van der Waals surface area contributed by atoms with E-state index in [0.29, 0.717) is 18.1 Å². The van der Waals surface area contributed by atoms with E-state index in [4.69, 9.17) is 9.52 Å². The number of hydrogen-bond donors (Lipinski definition) is 3. The molecule has 110 valence electrons. The molecule has 21 heavy (non-hydrogen) atoms. The van der Waals surface area contributed by atoms with Gasteiger partial charge in [0.05, 0.1) is 6.54 Å². The lowest BCUT2D eigenvalue weighted by Crippen LogP contribution is -2.24. The molecule has 0 radical (unpaired) electrons. The minimum atomic E-state index is -1.12. The van der Waals surface area contributed by atoms with Crippen LogP contribution >= 0.6 is 0 Å². The molecule has 1 amide bonds. The zero-order valence-electron chi connectivity index (χ0n) is 11.3. The van der Waals surface area contributed by atoms with Gasteiger partial charge in [0.15, 0.2) is 5.69 Å². The van der Waals surface area contributed by atoms with E-state index < -0.39 is 5.97 Å². The molecule has 2 rings (SSSR count). The monoisotopic (exact) mass is 290 g/mol. The first-order valence-electron chi connectivity index (χ1n) is 6.28. The lowest BCUT2D eigenvalue weighted by atomic mass is 10.3. The van der Waals surface area contributed by atoms with Crippen LogP contribution in [0, 0.1) is 0 Å². The van der Waals surface area contributed by atoms with Crippen LogP contribution in [0.5, 0.6) is 0 Å². The molecule has 0 bridgehead atoms. The van der Waals surface area contributed by atoms with Gasteiger partial charge in [-0.3, -0.25) is 4.79 Å². The molecule has 2 heterocycles. The quantitative estimate of drug-likeness (QED) is 0.729. The summed E-state index contributed by atoms with van der Waals surface area (Å²) in [6.07, 6.45) is 0. The molecule has 0 aliphatic carbocycles. The van der Waals surface area contributed by atoms with Crippen LogP contribution < -0.4 is 10.6 Å². The SMILES string of the molecule is CCNC(=O)c1ccc(NCc2ccc(C(=O)O)o2)nn1. The van der Waals surface area contributed by atoms with Crippen LogP contribution in [0.15, 0.2) is 28.7 Å². The number of anilines is 1. The summed E-state index contributed by atoms with van der Waals surface area (Å²) in [7, 11) is 0.